The fraction of sp³-hybridized carbons (Fsp3) is 0.250. The Labute approximate surface area is 126 Å². The molecule has 0 aromatic heterocycles. The van der Waals surface area contributed by atoms with Gasteiger partial charge in [-0.05, 0) is 41.3 Å². The Hall–Kier alpha value is -2.60. The van der Waals surface area contributed by atoms with Crippen LogP contribution in [0.15, 0.2) is 24.3 Å². The van der Waals surface area contributed by atoms with Crippen LogP contribution in [-0.2, 0) is 12.8 Å². The van der Waals surface area contributed by atoms with Gasteiger partial charge in [0.25, 0.3) is 0 Å². The van der Waals surface area contributed by atoms with E-state index in [2.05, 4.69) is 0 Å². The van der Waals surface area contributed by atoms with Gasteiger partial charge in [0.05, 0.1) is 6.10 Å². The average Bonchev–Trinajstić information content (AvgIpc) is 2.44. The van der Waals surface area contributed by atoms with Crippen LogP contribution < -0.4 is 0 Å². The van der Waals surface area contributed by atoms with Gasteiger partial charge in [0.1, 0.15) is 11.5 Å². The second kappa shape index (κ2) is 4.99. The molecule has 6 heteroatoms. The maximum Gasteiger partial charge on any atom is 0.200 e. The Kier molecular flexibility index (Phi) is 3.26. The van der Waals surface area contributed by atoms with Crippen molar-refractivity contribution in [2.75, 3.05) is 0 Å². The lowest BCUT2D eigenvalue weighted by Gasteiger charge is -2.30. The first kappa shape index (κ1) is 14.3. The lowest BCUT2D eigenvalue weighted by Crippen LogP contribution is -2.28. The van der Waals surface area contributed by atoms with Crippen LogP contribution >= 0.6 is 0 Å². The summed E-state index contributed by atoms with van der Waals surface area (Å²) < 4.78 is 0. The summed E-state index contributed by atoms with van der Waals surface area (Å²) in [6.45, 7) is 0. The number of benzene rings is 2. The first-order chi connectivity index (χ1) is 10.4. The highest BCUT2D eigenvalue weighted by atomic mass is 16.3. The molecular formula is C16H16O6. The third kappa shape index (κ3) is 2.27. The van der Waals surface area contributed by atoms with E-state index in [1.54, 1.807) is 0 Å². The Morgan fingerprint density at radius 3 is 2.05 bits per heavy atom. The molecule has 3 rings (SSSR count). The van der Waals surface area contributed by atoms with Crippen LogP contribution in [0.3, 0.4) is 0 Å². The summed E-state index contributed by atoms with van der Waals surface area (Å²) >= 11 is 0. The van der Waals surface area contributed by atoms with Crippen LogP contribution in [0.1, 0.15) is 22.6 Å². The molecule has 0 heterocycles. The molecule has 0 radical (unpaired) electrons. The highest BCUT2D eigenvalue weighted by molar-refractivity contribution is 5.54. The number of hydrogen-bond acceptors (Lipinski definition) is 6. The van der Waals surface area contributed by atoms with E-state index in [-0.39, 0.29) is 17.9 Å². The van der Waals surface area contributed by atoms with Gasteiger partial charge in [0, 0.05) is 18.4 Å². The van der Waals surface area contributed by atoms with Gasteiger partial charge in [-0.3, -0.25) is 0 Å². The highest BCUT2D eigenvalue weighted by Gasteiger charge is 2.31. The molecule has 2 aromatic rings. The monoisotopic (exact) mass is 304 g/mol. The molecule has 0 fully saturated rings. The fourth-order valence-corrected chi connectivity index (χ4v) is 3.02. The number of fused-ring (bicyclic) bond motifs is 1. The lowest BCUT2D eigenvalue weighted by molar-refractivity contribution is 0.133. The van der Waals surface area contributed by atoms with Gasteiger partial charge in [-0.1, -0.05) is 0 Å². The molecule has 6 nitrogen and oxygen atoms in total. The zero-order valence-corrected chi connectivity index (χ0v) is 11.6. The number of aliphatic hydroxyl groups excluding tert-OH is 1. The summed E-state index contributed by atoms with van der Waals surface area (Å²) in [5.74, 6) is -2.11. The van der Waals surface area contributed by atoms with Gasteiger partial charge < -0.3 is 30.6 Å². The maximum atomic E-state index is 10.3. The molecule has 0 amide bonds. The molecule has 2 unspecified atom stereocenters. The smallest absolute Gasteiger partial charge is 0.200 e. The van der Waals surface area contributed by atoms with E-state index in [4.69, 9.17) is 0 Å². The van der Waals surface area contributed by atoms with Crippen molar-refractivity contribution < 1.29 is 30.6 Å². The highest BCUT2D eigenvalue weighted by Crippen LogP contribution is 2.43. The molecule has 2 atom stereocenters. The van der Waals surface area contributed by atoms with E-state index in [1.807, 2.05) is 0 Å². The first-order valence-corrected chi connectivity index (χ1v) is 6.83. The Morgan fingerprint density at radius 2 is 1.41 bits per heavy atom. The third-order valence-electron chi connectivity index (χ3n) is 4.14. The zero-order valence-electron chi connectivity index (χ0n) is 11.6. The maximum absolute atomic E-state index is 10.3. The normalized spacial score (nSPS) is 20.6. The molecule has 1 aliphatic carbocycles. The molecule has 116 valence electrons. The summed E-state index contributed by atoms with van der Waals surface area (Å²) in [5, 5.41) is 58.4. The van der Waals surface area contributed by atoms with Crippen LogP contribution in [0.2, 0.25) is 0 Å². The van der Waals surface area contributed by atoms with Crippen LogP contribution in [0.5, 0.6) is 28.7 Å². The van der Waals surface area contributed by atoms with Crippen molar-refractivity contribution in [1.82, 2.24) is 0 Å². The van der Waals surface area contributed by atoms with E-state index >= 15 is 0 Å². The molecule has 0 saturated carbocycles. The predicted molar refractivity (Wildman–Crippen MR) is 77.4 cm³/mol. The van der Waals surface area contributed by atoms with Gasteiger partial charge in [-0.15, -0.1) is 0 Å². The Balaban J connectivity index is 2.03. The largest absolute Gasteiger partial charge is 0.508 e. The van der Waals surface area contributed by atoms with Crippen LogP contribution in [-0.4, -0.2) is 36.7 Å². The summed E-state index contributed by atoms with van der Waals surface area (Å²) in [6.07, 6.45) is -0.317. The van der Waals surface area contributed by atoms with Gasteiger partial charge in [-0.25, -0.2) is 0 Å². The molecule has 0 spiro atoms. The van der Waals surface area contributed by atoms with Crippen molar-refractivity contribution in [2.45, 2.75) is 24.9 Å². The SMILES string of the molecule is Oc1cc(O)c2c(c1)CC(c1cc(O)c(O)c(O)c1)C(O)C2. The van der Waals surface area contributed by atoms with E-state index in [1.165, 1.54) is 24.3 Å². The molecule has 2 aromatic carbocycles. The second-order valence-corrected chi connectivity index (χ2v) is 5.59. The molecule has 0 aliphatic heterocycles. The topological polar surface area (TPSA) is 121 Å². The molecule has 0 saturated heterocycles. The minimum Gasteiger partial charge on any atom is -0.508 e. The number of hydrogen-bond donors (Lipinski definition) is 6. The molecule has 0 bridgehead atoms. The number of aliphatic hydroxyl groups is 1. The van der Waals surface area contributed by atoms with Crippen LogP contribution in [0.4, 0.5) is 0 Å². The van der Waals surface area contributed by atoms with Crippen molar-refractivity contribution in [3.05, 3.63) is 41.0 Å². The Bertz CT molecular complexity index is 717. The van der Waals surface area contributed by atoms with E-state index < -0.39 is 29.3 Å². The Morgan fingerprint density at radius 1 is 0.773 bits per heavy atom. The van der Waals surface area contributed by atoms with Gasteiger partial charge in [0.2, 0.25) is 0 Å². The fourth-order valence-electron chi connectivity index (χ4n) is 3.02. The minimum absolute atomic E-state index is 0.0658. The number of phenols is 5. The standard InChI is InChI=1S/C16H16O6/c17-9-1-7-2-10(13(19)6-11(7)12(18)5-9)8-3-14(20)16(22)15(21)4-8/h1,3-5,10,13,17-22H,2,6H2. The summed E-state index contributed by atoms with van der Waals surface area (Å²) in [4.78, 5) is 0. The van der Waals surface area contributed by atoms with E-state index in [0.29, 0.717) is 23.1 Å². The van der Waals surface area contributed by atoms with Gasteiger partial charge >= 0.3 is 0 Å². The van der Waals surface area contributed by atoms with Crippen molar-refractivity contribution in [2.24, 2.45) is 0 Å². The molecule has 1 aliphatic rings. The van der Waals surface area contributed by atoms with Crippen molar-refractivity contribution in [3.63, 3.8) is 0 Å². The molecule has 22 heavy (non-hydrogen) atoms. The third-order valence-corrected chi connectivity index (χ3v) is 4.14. The van der Waals surface area contributed by atoms with Gasteiger partial charge in [0.15, 0.2) is 17.2 Å². The number of rotatable bonds is 1. The number of aromatic hydroxyl groups is 5. The quantitative estimate of drug-likeness (QED) is 0.444. The van der Waals surface area contributed by atoms with Gasteiger partial charge in [-0.2, -0.15) is 0 Å². The van der Waals surface area contributed by atoms with E-state index in [0.717, 1.165) is 0 Å². The van der Waals surface area contributed by atoms with Crippen LogP contribution in [0.25, 0.3) is 0 Å². The van der Waals surface area contributed by atoms with E-state index in [9.17, 15) is 30.6 Å². The zero-order chi connectivity index (χ0) is 16.0. The summed E-state index contributed by atoms with van der Waals surface area (Å²) in [5.41, 5.74) is 1.74. The predicted octanol–water partition coefficient (Wildman–Crippen LogP) is 1.46. The van der Waals surface area contributed by atoms with Crippen molar-refractivity contribution >= 4 is 0 Å². The van der Waals surface area contributed by atoms with Crippen molar-refractivity contribution in [1.29, 1.82) is 0 Å². The minimum atomic E-state index is -0.828. The summed E-state index contributed by atoms with van der Waals surface area (Å²) in [7, 11) is 0. The van der Waals surface area contributed by atoms with Crippen molar-refractivity contribution in [3.8, 4) is 28.7 Å². The number of phenolic OH excluding ortho intramolecular Hbond substituents is 5. The molecule has 6 N–H and O–H groups in total. The molecular weight excluding hydrogens is 288 g/mol. The van der Waals surface area contributed by atoms with Crippen LogP contribution in [0, 0.1) is 0 Å². The second-order valence-electron chi connectivity index (χ2n) is 5.59. The first-order valence-electron chi connectivity index (χ1n) is 6.83. The average molecular weight is 304 g/mol. The lowest BCUT2D eigenvalue weighted by atomic mass is 9.77. The summed E-state index contributed by atoms with van der Waals surface area (Å²) in [6, 6.07) is 5.32.